The monoisotopic (exact) mass is 263 g/mol. The van der Waals surface area contributed by atoms with Crippen LogP contribution in [0, 0.1) is 0 Å². The Bertz CT molecular complexity index is 625. The average molecular weight is 263 g/mol. The number of anilines is 1. The number of aryl methyl sites for hydroxylation is 1. The zero-order chi connectivity index (χ0) is 13.4. The second-order valence-electron chi connectivity index (χ2n) is 6.16. The second-order valence-corrected chi connectivity index (χ2v) is 6.16. The van der Waals surface area contributed by atoms with Crippen molar-refractivity contribution in [3.05, 3.63) is 53.6 Å². The summed E-state index contributed by atoms with van der Waals surface area (Å²) in [7, 11) is 0. The maximum Gasteiger partial charge on any atom is 0.0378 e. The Morgan fingerprint density at radius 1 is 0.900 bits per heavy atom. The molecule has 1 N–H and O–H groups in total. The van der Waals surface area contributed by atoms with Gasteiger partial charge in [0.1, 0.15) is 0 Å². The molecule has 2 aliphatic rings. The Balaban J connectivity index is 1.69. The predicted octanol–water partition coefficient (Wildman–Crippen LogP) is 4.98. The molecule has 0 spiro atoms. The molecule has 1 saturated carbocycles. The van der Waals surface area contributed by atoms with Crippen LogP contribution >= 0.6 is 0 Å². The van der Waals surface area contributed by atoms with Gasteiger partial charge in [-0.25, -0.2) is 0 Å². The van der Waals surface area contributed by atoms with Crippen LogP contribution in [0.4, 0.5) is 5.69 Å². The molecule has 1 nitrogen and oxygen atoms in total. The lowest BCUT2D eigenvalue weighted by Gasteiger charge is -2.26. The molecule has 2 aromatic carbocycles. The van der Waals surface area contributed by atoms with Crippen LogP contribution in [-0.2, 0) is 6.42 Å². The van der Waals surface area contributed by atoms with Crippen LogP contribution in [0.2, 0.25) is 0 Å². The van der Waals surface area contributed by atoms with Crippen molar-refractivity contribution < 1.29 is 0 Å². The van der Waals surface area contributed by atoms with Crippen molar-refractivity contribution >= 4 is 5.69 Å². The molecule has 0 saturated heterocycles. The van der Waals surface area contributed by atoms with Crippen molar-refractivity contribution in [2.24, 2.45) is 0 Å². The van der Waals surface area contributed by atoms with Crippen molar-refractivity contribution in [1.29, 1.82) is 0 Å². The first kappa shape index (κ1) is 12.0. The van der Waals surface area contributed by atoms with Crippen LogP contribution < -0.4 is 5.32 Å². The summed E-state index contributed by atoms with van der Waals surface area (Å²) in [5.41, 5.74) is 7.04. The van der Waals surface area contributed by atoms with E-state index in [1.54, 1.807) is 0 Å². The molecule has 1 heterocycles. The van der Waals surface area contributed by atoms with Gasteiger partial charge in [-0.2, -0.15) is 0 Å². The summed E-state index contributed by atoms with van der Waals surface area (Å²) >= 11 is 0. The molecular weight excluding hydrogens is 242 g/mol. The molecule has 1 heteroatoms. The summed E-state index contributed by atoms with van der Waals surface area (Å²) in [6, 6.07) is 16.1. The Morgan fingerprint density at radius 3 is 2.65 bits per heavy atom. The largest absolute Gasteiger partial charge is 0.385 e. The third kappa shape index (κ3) is 2.11. The lowest BCUT2D eigenvalue weighted by Crippen LogP contribution is -2.11. The van der Waals surface area contributed by atoms with Gasteiger partial charge in [0.15, 0.2) is 0 Å². The summed E-state index contributed by atoms with van der Waals surface area (Å²) in [4.78, 5) is 0. The minimum atomic E-state index is 0.811. The van der Waals surface area contributed by atoms with E-state index in [1.807, 2.05) is 0 Å². The zero-order valence-corrected chi connectivity index (χ0v) is 11.9. The minimum absolute atomic E-state index is 0.811. The van der Waals surface area contributed by atoms with Crippen molar-refractivity contribution in [2.45, 2.75) is 38.0 Å². The third-order valence-corrected chi connectivity index (χ3v) is 4.84. The number of benzene rings is 2. The molecule has 1 fully saturated rings. The normalized spacial score (nSPS) is 18.0. The summed E-state index contributed by atoms with van der Waals surface area (Å²) in [5.74, 6) is 0.811. The smallest absolute Gasteiger partial charge is 0.0378 e. The highest BCUT2D eigenvalue weighted by Crippen LogP contribution is 2.38. The van der Waals surface area contributed by atoms with E-state index < -0.39 is 0 Å². The second kappa shape index (κ2) is 4.97. The van der Waals surface area contributed by atoms with E-state index in [4.69, 9.17) is 0 Å². The molecule has 1 aliphatic heterocycles. The molecule has 0 amide bonds. The van der Waals surface area contributed by atoms with Gasteiger partial charge in [-0.15, -0.1) is 0 Å². The van der Waals surface area contributed by atoms with E-state index >= 15 is 0 Å². The van der Waals surface area contributed by atoms with E-state index in [2.05, 4.69) is 47.8 Å². The lowest BCUT2D eigenvalue weighted by atomic mass is 9.79. The molecule has 1 aliphatic carbocycles. The highest BCUT2D eigenvalue weighted by atomic mass is 14.9. The van der Waals surface area contributed by atoms with Crippen molar-refractivity contribution in [2.75, 3.05) is 11.9 Å². The molecule has 0 unspecified atom stereocenters. The lowest BCUT2D eigenvalue weighted by molar-refractivity contribution is 0.420. The summed E-state index contributed by atoms with van der Waals surface area (Å²) in [6.07, 6.45) is 6.61. The zero-order valence-electron chi connectivity index (χ0n) is 11.9. The van der Waals surface area contributed by atoms with Gasteiger partial charge in [-0.1, -0.05) is 42.8 Å². The maximum atomic E-state index is 3.53. The molecule has 2 aromatic rings. The van der Waals surface area contributed by atoms with Gasteiger partial charge >= 0.3 is 0 Å². The van der Waals surface area contributed by atoms with Crippen molar-refractivity contribution in [3.63, 3.8) is 0 Å². The van der Waals surface area contributed by atoms with Gasteiger partial charge in [-0.05, 0) is 59.9 Å². The summed E-state index contributed by atoms with van der Waals surface area (Å²) < 4.78 is 0. The molecule has 4 rings (SSSR count). The van der Waals surface area contributed by atoms with Gasteiger partial charge in [0.2, 0.25) is 0 Å². The molecular formula is C19H21N. The van der Waals surface area contributed by atoms with Gasteiger partial charge in [0.05, 0.1) is 0 Å². The number of hydrogen-bond donors (Lipinski definition) is 1. The third-order valence-electron chi connectivity index (χ3n) is 4.84. The van der Waals surface area contributed by atoms with Gasteiger partial charge < -0.3 is 5.32 Å². The SMILES string of the molecule is c1cc(-c2ccc3c(c2)NCCC3)cc(C2CCC2)c1. The summed E-state index contributed by atoms with van der Waals surface area (Å²) in [6.45, 7) is 1.11. The number of nitrogens with one attached hydrogen (secondary N) is 1. The Kier molecular flexibility index (Phi) is 2.99. The van der Waals surface area contributed by atoms with E-state index in [1.165, 1.54) is 60.0 Å². The van der Waals surface area contributed by atoms with E-state index in [-0.39, 0.29) is 0 Å². The van der Waals surface area contributed by atoms with Gasteiger partial charge in [0, 0.05) is 12.2 Å². The molecule has 0 aromatic heterocycles. The number of hydrogen-bond acceptors (Lipinski definition) is 1. The fourth-order valence-corrected chi connectivity index (χ4v) is 3.35. The van der Waals surface area contributed by atoms with E-state index in [0.29, 0.717) is 0 Å². The first-order valence-electron chi connectivity index (χ1n) is 7.87. The Morgan fingerprint density at radius 2 is 1.80 bits per heavy atom. The summed E-state index contributed by atoms with van der Waals surface area (Å²) in [5, 5.41) is 3.53. The van der Waals surface area contributed by atoms with E-state index in [0.717, 1.165) is 12.5 Å². The fourth-order valence-electron chi connectivity index (χ4n) is 3.35. The Labute approximate surface area is 121 Å². The first-order valence-corrected chi connectivity index (χ1v) is 7.87. The van der Waals surface area contributed by atoms with Crippen LogP contribution in [-0.4, -0.2) is 6.54 Å². The van der Waals surface area contributed by atoms with Crippen LogP contribution in [0.5, 0.6) is 0 Å². The maximum absolute atomic E-state index is 3.53. The van der Waals surface area contributed by atoms with Crippen LogP contribution in [0.3, 0.4) is 0 Å². The van der Waals surface area contributed by atoms with Crippen LogP contribution in [0.25, 0.3) is 11.1 Å². The number of fused-ring (bicyclic) bond motifs is 1. The highest BCUT2D eigenvalue weighted by molar-refractivity contribution is 5.71. The van der Waals surface area contributed by atoms with Crippen LogP contribution in [0.1, 0.15) is 42.7 Å². The topological polar surface area (TPSA) is 12.0 Å². The Hall–Kier alpha value is -1.76. The molecule has 0 atom stereocenters. The van der Waals surface area contributed by atoms with Crippen molar-refractivity contribution in [1.82, 2.24) is 0 Å². The van der Waals surface area contributed by atoms with Gasteiger partial charge in [-0.3, -0.25) is 0 Å². The predicted molar refractivity (Wildman–Crippen MR) is 85.3 cm³/mol. The van der Waals surface area contributed by atoms with Crippen LogP contribution in [0.15, 0.2) is 42.5 Å². The average Bonchev–Trinajstić information content (AvgIpc) is 2.45. The molecule has 0 radical (unpaired) electrons. The molecule has 102 valence electrons. The molecule has 0 bridgehead atoms. The fraction of sp³-hybridized carbons (Fsp3) is 0.368. The minimum Gasteiger partial charge on any atom is -0.385 e. The van der Waals surface area contributed by atoms with E-state index in [9.17, 15) is 0 Å². The standard InChI is InChI=1S/C19H21N/c1-4-14(5-1)16-6-2-7-17(12-16)18-10-9-15-8-3-11-20-19(15)13-18/h2,6-7,9-10,12-14,20H,1,3-5,8,11H2. The van der Waals surface area contributed by atoms with Gasteiger partial charge in [0.25, 0.3) is 0 Å². The molecule has 20 heavy (non-hydrogen) atoms. The van der Waals surface area contributed by atoms with Crippen molar-refractivity contribution in [3.8, 4) is 11.1 Å². The number of rotatable bonds is 2. The highest BCUT2D eigenvalue weighted by Gasteiger charge is 2.19. The quantitative estimate of drug-likeness (QED) is 0.805. The first-order chi connectivity index (χ1) is 9.90.